The Balaban J connectivity index is 2.15. The summed E-state index contributed by atoms with van der Waals surface area (Å²) in [5, 5.41) is 2.66. The third kappa shape index (κ3) is 4.46. The van der Waals surface area contributed by atoms with Crippen LogP contribution in [0.15, 0.2) is 30.3 Å². The van der Waals surface area contributed by atoms with Crippen LogP contribution in [0.5, 0.6) is 5.75 Å². The van der Waals surface area contributed by atoms with Gasteiger partial charge in [-0.2, -0.15) is 0 Å². The zero-order chi connectivity index (χ0) is 11.1. The predicted octanol–water partition coefficient (Wildman–Crippen LogP) is 0.529. The maximum atomic E-state index is 11.1. The Morgan fingerprint density at radius 2 is 2.13 bits per heavy atom. The molecule has 4 nitrogen and oxygen atoms in total. The van der Waals surface area contributed by atoms with E-state index in [0.717, 1.165) is 5.75 Å². The number of hydrogen-bond acceptors (Lipinski definition) is 3. The summed E-state index contributed by atoms with van der Waals surface area (Å²) in [5.41, 5.74) is 5.38. The minimum Gasteiger partial charge on any atom is -0.492 e. The zero-order valence-electron chi connectivity index (χ0n) is 8.77. The highest BCUT2D eigenvalue weighted by Crippen LogP contribution is 2.07. The molecule has 0 aromatic heterocycles. The first kappa shape index (κ1) is 11.5. The van der Waals surface area contributed by atoms with Crippen molar-refractivity contribution in [2.45, 2.75) is 13.0 Å². The molecule has 0 fully saturated rings. The first-order valence-corrected chi connectivity index (χ1v) is 4.91. The molecule has 1 amide bonds. The standard InChI is InChI=1S/C11H16N2O2/c1-9(12)11(14)13-7-8-15-10-5-3-2-4-6-10/h2-6,9H,7-8,12H2,1H3,(H,13,14). The van der Waals surface area contributed by atoms with Crippen LogP contribution < -0.4 is 15.8 Å². The Morgan fingerprint density at radius 3 is 2.73 bits per heavy atom. The van der Waals surface area contributed by atoms with Gasteiger partial charge in [-0.05, 0) is 19.1 Å². The van der Waals surface area contributed by atoms with Crippen molar-refractivity contribution in [1.29, 1.82) is 0 Å². The van der Waals surface area contributed by atoms with Crippen molar-refractivity contribution in [1.82, 2.24) is 5.32 Å². The lowest BCUT2D eigenvalue weighted by molar-refractivity contribution is -0.122. The molecule has 0 radical (unpaired) electrons. The monoisotopic (exact) mass is 208 g/mol. The number of para-hydroxylation sites is 1. The third-order valence-corrected chi connectivity index (χ3v) is 1.83. The molecule has 0 saturated heterocycles. The molecule has 0 aliphatic carbocycles. The molecule has 1 atom stereocenters. The lowest BCUT2D eigenvalue weighted by Gasteiger charge is -2.08. The van der Waals surface area contributed by atoms with Gasteiger partial charge in [0.25, 0.3) is 0 Å². The molecular weight excluding hydrogens is 192 g/mol. The molecule has 0 spiro atoms. The summed E-state index contributed by atoms with van der Waals surface area (Å²) in [5.74, 6) is 0.638. The molecular formula is C11H16N2O2. The maximum Gasteiger partial charge on any atom is 0.236 e. The fourth-order valence-electron chi connectivity index (χ4n) is 1.02. The number of benzene rings is 1. The maximum absolute atomic E-state index is 11.1. The van der Waals surface area contributed by atoms with E-state index < -0.39 is 6.04 Å². The molecule has 4 heteroatoms. The Bertz CT molecular complexity index is 299. The first-order chi connectivity index (χ1) is 7.20. The largest absolute Gasteiger partial charge is 0.492 e. The third-order valence-electron chi connectivity index (χ3n) is 1.83. The quantitative estimate of drug-likeness (QED) is 0.694. The van der Waals surface area contributed by atoms with Crippen LogP contribution in [-0.2, 0) is 4.79 Å². The van der Waals surface area contributed by atoms with Gasteiger partial charge in [0.05, 0.1) is 12.6 Å². The second kappa shape index (κ2) is 6.03. The number of carbonyl (C=O) groups is 1. The van der Waals surface area contributed by atoms with Gasteiger partial charge in [0.15, 0.2) is 0 Å². The normalized spacial score (nSPS) is 11.9. The number of carbonyl (C=O) groups excluding carboxylic acids is 1. The molecule has 15 heavy (non-hydrogen) atoms. The fraction of sp³-hybridized carbons (Fsp3) is 0.364. The second-order valence-electron chi connectivity index (χ2n) is 3.24. The van der Waals surface area contributed by atoms with Crippen LogP contribution in [0.2, 0.25) is 0 Å². The molecule has 1 aromatic carbocycles. The van der Waals surface area contributed by atoms with Crippen LogP contribution in [0.25, 0.3) is 0 Å². The second-order valence-corrected chi connectivity index (χ2v) is 3.24. The average molecular weight is 208 g/mol. The van der Waals surface area contributed by atoms with E-state index >= 15 is 0 Å². The minimum atomic E-state index is -0.471. The summed E-state index contributed by atoms with van der Waals surface area (Å²) < 4.78 is 5.38. The summed E-state index contributed by atoms with van der Waals surface area (Å²) >= 11 is 0. The van der Waals surface area contributed by atoms with E-state index in [2.05, 4.69) is 5.32 Å². The Morgan fingerprint density at radius 1 is 1.47 bits per heavy atom. The van der Waals surface area contributed by atoms with Crippen LogP contribution in [0.4, 0.5) is 0 Å². The van der Waals surface area contributed by atoms with Gasteiger partial charge in [0, 0.05) is 0 Å². The van der Waals surface area contributed by atoms with Gasteiger partial charge in [-0.1, -0.05) is 18.2 Å². The van der Waals surface area contributed by atoms with Crippen LogP contribution >= 0.6 is 0 Å². The highest BCUT2D eigenvalue weighted by molar-refractivity contribution is 5.80. The highest BCUT2D eigenvalue weighted by atomic mass is 16.5. The average Bonchev–Trinajstić information content (AvgIpc) is 2.25. The van der Waals surface area contributed by atoms with E-state index in [1.165, 1.54) is 0 Å². The van der Waals surface area contributed by atoms with Crippen molar-refractivity contribution < 1.29 is 9.53 Å². The minimum absolute atomic E-state index is 0.160. The van der Waals surface area contributed by atoms with Gasteiger partial charge in [-0.15, -0.1) is 0 Å². The van der Waals surface area contributed by atoms with Gasteiger partial charge in [0.2, 0.25) is 5.91 Å². The smallest absolute Gasteiger partial charge is 0.236 e. The van der Waals surface area contributed by atoms with Crippen molar-refractivity contribution in [3.63, 3.8) is 0 Å². The van der Waals surface area contributed by atoms with Gasteiger partial charge in [-0.3, -0.25) is 4.79 Å². The lowest BCUT2D eigenvalue weighted by atomic mass is 10.3. The van der Waals surface area contributed by atoms with Crippen molar-refractivity contribution in [2.75, 3.05) is 13.2 Å². The van der Waals surface area contributed by atoms with Crippen LogP contribution in [0.3, 0.4) is 0 Å². The summed E-state index contributed by atoms with van der Waals surface area (Å²) in [6.45, 7) is 2.56. The summed E-state index contributed by atoms with van der Waals surface area (Å²) in [7, 11) is 0. The molecule has 0 saturated carbocycles. The van der Waals surface area contributed by atoms with Gasteiger partial charge >= 0.3 is 0 Å². The molecule has 1 unspecified atom stereocenters. The molecule has 0 aliphatic rings. The van der Waals surface area contributed by atoms with E-state index in [1.807, 2.05) is 30.3 Å². The molecule has 3 N–H and O–H groups in total. The van der Waals surface area contributed by atoms with Crippen LogP contribution in [0.1, 0.15) is 6.92 Å². The predicted molar refractivity (Wildman–Crippen MR) is 58.6 cm³/mol. The zero-order valence-corrected chi connectivity index (χ0v) is 8.77. The van der Waals surface area contributed by atoms with Crippen molar-refractivity contribution in [2.24, 2.45) is 5.73 Å². The number of amides is 1. The number of nitrogens with one attached hydrogen (secondary N) is 1. The van der Waals surface area contributed by atoms with Gasteiger partial charge in [-0.25, -0.2) is 0 Å². The molecule has 82 valence electrons. The molecule has 0 bridgehead atoms. The summed E-state index contributed by atoms with van der Waals surface area (Å²) in [6, 6.07) is 8.98. The molecule has 0 aliphatic heterocycles. The van der Waals surface area contributed by atoms with E-state index in [-0.39, 0.29) is 5.91 Å². The molecule has 1 aromatic rings. The number of ether oxygens (including phenoxy) is 1. The van der Waals surface area contributed by atoms with E-state index in [9.17, 15) is 4.79 Å². The fourth-order valence-corrected chi connectivity index (χ4v) is 1.02. The van der Waals surface area contributed by atoms with Gasteiger partial charge in [0.1, 0.15) is 12.4 Å². The first-order valence-electron chi connectivity index (χ1n) is 4.91. The van der Waals surface area contributed by atoms with Crippen LogP contribution in [-0.4, -0.2) is 25.1 Å². The van der Waals surface area contributed by atoms with E-state index in [1.54, 1.807) is 6.92 Å². The topological polar surface area (TPSA) is 64.4 Å². The summed E-state index contributed by atoms with van der Waals surface area (Å²) in [6.07, 6.45) is 0. The van der Waals surface area contributed by atoms with E-state index in [0.29, 0.717) is 13.2 Å². The SMILES string of the molecule is CC(N)C(=O)NCCOc1ccccc1. The van der Waals surface area contributed by atoms with Gasteiger partial charge < -0.3 is 15.8 Å². The van der Waals surface area contributed by atoms with Crippen molar-refractivity contribution >= 4 is 5.91 Å². The number of nitrogens with two attached hydrogens (primary N) is 1. The molecule has 0 heterocycles. The Kier molecular flexibility index (Phi) is 4.63. The van der Waals surface area contributed by atoms with Crippen molar-refractivity contribution in [3.05, 3.63) is 30.3 Å². The highest BCUT2D eigenvalue weighted by Gasteiger charge is 2.04. The summed E-state index contributed by atoms with van der Waals surface area (Å²) in [4.78, 5) is 11.1. The lowest BCUT2D eigenvalue weighted by Crippen LogP contribution is -2.40. The van der Waals surface area contributed by atoms with Crippen molar-refractivity contribution in [3.8, 4) is 5.75 Å². The van der Waals surface area contributed by atoms with E-state index in [4.69, 9.17) is 10.5 Å². The number of rotatable bonds is 5. The molecule has 1 rings (SSSR count). The number of hydrogen-bond donors (Lipinski definition) is 2. The van der Waals surface area contributed by atoms with Crippen LogP contribution in [0, 0.1) is 0 Å². The Hall–Kier alpha value is -1.55. The Labute approximate surface area is 89.4 Å².